The van der Waals surface area contributed by atoms with Crippen molar-refractivity contribution in [2.24, 2.45) is 5.73 Å². The molecule has 0 aliphatic heterocycles. The molecule has 0 bridgehead atoms. The van der Waals surface area contributed by atoms with E-state index in [0.29, 0.717) is 12.8 Å². The third-order valence-corrected chi connectivity index (χ3v) is 2.93. The van der Waals surface area contributed by atoms with Crippen molar-refractivity contribution in [2.45, 2.75) is 58.5 Å². The first-order valence-electron chi connectivity index (χ1n) is 6.41. The molecule has 0 aliphatic rings. The Morgan fingerprint density at radius 3 is 1.94 bits per heavy atom. The molecule has 0 aromatic carbocycles. The quantitative estimate of drug-likeness (QED) is 0.767. The number of hydrogen-bond donors (Lipinski definition) is 2. The number of hydrogen-bond acceptors (Lipinski definition) is 3. The largest absolute Gasteiger partial charge is 0.350 e. The molecule has 0 aromatic rings. The predicted octanol–water partition coefficient (Wildman–Crippen LogP) is 0.877. The van der Waals surface area contributed by atoms with E-state index in [1.807, 2.05) is 34.6 Å². The zero-order valence-electron chi connectivity index (χ0n) is 12.5. The Hall–Kier alpha value is -1.10. The molecule has 0 atom stereocenters. The summed E-state index contributed by atoms with van der Waals surface area (Å²) in [6.07, 6.45) is 1.13. The van der Waals surface area contributed by atoms with E-state index in [2.05, 4.69) is 5.32 Å². The van der Waals surface area contributed by atoms with Crippen LogP contribution in [0.25, 0.3) is 0 Å². The third-order valence-electron chi connectivity index (χ3n) is 2.93. The molecule has 0 aromatic heterocycles. The second-order valence-electron chi connectivity index (χ2n) is 5.82. The lowest BCUT2D eigenvalue weighted by molar-refractivity contribution is -0.139. The highest BCUT2D eigenvalue weighted by Gasteiger charge is 2.33. The molecule has 18 heavy (non-hydrogen) atoms. The average molecular weight is 257 g/mol. The molecule has 2 amide bonds. The first-order valence-corrected chi connectivity index (χ1v) is 6.41. The van der Waals surface area contributed by atoms with Crippen LogP contribution in [0.15, 0.2) is 0 Å². The number of carbonyl (C=O) groups excluding carboxylic acids is 2. The molecule has 0 fully saturated rings. The first kappa shape index (κ1) is 16.9. The fraction of sp³-hybridized carbons (Fsp3) is 0.846. The molecule has 0 unspecified atom stereocenters. The van der Waals surface area contributed by atoms with E-state index in [4.69, 9.17) is 5.73 Å². The van der Waals surface area contributed by atoms with Crippen LogP contribution in [0.5, 0.6) is 0 Å². The molecule has 5 nitrogen and oxygen atoms in total. The van der Waals surface area contributed by atoms with Gasteiger partial charge in [0.1, 0.15) is 0 Å². The lowest BCUT2D eigenvalue weighted by atomic mass is 9.92. The molecule has 0 rings (SSSR count). The van der Waals surface area contributed by atoms with Gasteiger partial charge >= 0.3 is 0 Å². The van der Waals surface area contributed by atoms with Crippen molar-refractivity contribution in [3.05, 3.63) is 0 Å². The van der Waals surface area contributed by atoms with Gasteiger partial charge in [0.2, 0.25) is 11.8 Å². The monoisotopic (exact) mass is 257 g/mol. The van der Waals surface area contributed by atoms with Crippen molar-refractivity contribution in [3.8, 4) is 0 Å². The van der Waals surface area contributed by atoms with Crippen LogP contribution in [0.1, 0.15) is 47.5 Å². The number of nitrogens with two attached hydrogens (primary N) is 1. The molecule has 0 saturated carbocycles. The average Bonchev–Trinajstić information content (AvgIpc) is 2.24. The van der Waals surface area contributed by atoms with E-state index in [0.717, 1.165) is 0 Å². The van der Waals surface area contributed by atoms with Gasteiger partial charge in [-0.15, -0.1) is 0 Å². The van der Waals surface area contributed by atoms with Crippen LogP contribution >= 0.6 is 0 Å². The Kier molecular flexibility index (Phi) is 5.80. The van der Waals surface area contributed by atoms with Crippen LogP contribution in [-0.2, 0) is 9.59 Å². The summed E-state index contributed by atoms with van der Waals surface area (Å²) in [5.74, 6) is -0.357. The van der Waals surface area contributed by atoms with Gasteiger partial charge in [0.25, 0.3) is 0 Å². The smallest absolute Gasteiger partial charge is 0.242 e. The van der Waals surface area contributed by atoms with Crippen LogP contribution in [0.4, 0.5) is 0 Å². The standard InChI is InChI=1S/C13H27N3O2/c1-7-13(14,8-2)11(18)16(6)9-10(17)15-12(3,4)5/h7-9,14H2,1-6H3,(H,15,17). The van der Waals surface area contributed by atoms with E-state index in [9.17, 15) is 9.59 Å². The fourth-order valence-electron chi connectivity index (χ4n) is 1.68. The van der Waals surface area contributed by atoms with Gasteiger partial charge in [-0.3, -0.25) is 9.59 Å². The summed E-state index contributed by atoms with van der Waals surface area (Å²) in [7, 11) is 1.61. The lowest BCUT2D eigenvalue weighted by Gasteiger charge is -2.31. The lowest BCUT2D eigenvalue weighted by Crippen LogP contribution is -2.56. The van der Waals surface area contributed by atoms with E-state index in [-0.39, 0.29) is 23.9 Å². The van der Waals surface area contributed by atoms with E-state index in [1.165, 1.54) is 4.90 Å². The number of carbonyl (C=O) groups is 2. The summed E-state index contributed by atoms with van der Waals surface area (Å²) in [6.45, 7) is 9.50. The third kappa shape index (κ3) is 5.04. The zero-order chi connectivity index (χ0) is 14.6. The van der Waals surface area contributed by atoms with Gasteiger partial charge in [0.15, 0.2) is 0 Å². The van der Waals surface area contributed by atoms with Gasteiger partial charge in [-0.1, -0.05) is 13.8 Å². The molecule has 106 valence electrons. The molecule has 0 saturated heterocycles. The molecular weight excluding hydrogens is 230 g/mol. The van der Waals surface area contributed by atoms with Crippen LogP contribution in [0.2, 0.25) is 0 Å². The van der Waals surface area contributed by atoms with Crippen LogP contribution in [-0.4, -0.2) is 41.4 Å². The summed E-state index contributed by atoms with van der Waals surface area (Å²) < 4.78 is 0. The molecule has 3 N–H and O–H groups in total. The SMILES string of the molecule is CCC(N)(CC)C(=O)N(C)CC(=O)NC(C)(C)C. The molecule has 0 aliphatic carbocycles. The second-order valence-corrected chi connectivity index (χ2v) is 5.82. The molecule has 0 radical (unpaired) electrons. The number of rotatable bonds is 5. The summed E-state index contributed by atoms with van der Waals surface area (Å²) in [4.78, 5) is 25.3. The van der Waals surface area contributed by atoms with Crippen molar-refractivity contribution in [1.82, 2.24) is 10.2 Å². The summed E-state index contributed by atoms with van der Waals surface area (Å²) in [5, 5.41) is 2.82. The highest BCUT2D eigenvalue weighted by Crippen LogP contribution is 2.14. The van der Waals surface area contributed by atoms with Gasteiger partial charge in [-0.25, -0.2) is 0 Å². The van der Waals surface area contributed by atoms with Crippen molar-refractivity contribution < 1.29 is 9.59 Å². The minimum Gasteiger partial charge on any atom is -0.350 e. The Morgan fingerprint density at radius 1 is 1.17 bits per heavy atom. The number of amides is 2. The van der Waals surface area contributed by atoms with Crippen LogP contribution in [0, 0.1) is 0 Å². The fourth-order valence-corrected chi connectivity index (χ4v) is 1.68. The molecular formula is C13H27N3O2. The van der Waals surface area contributed by atoms with E-state index in [1.54, 1.807) is 7.05 Å². The summed E-state index contributed by atoms with van der Waals surface area (Å²) >= 11 is 0. The number of likely N-dealkylation sites (N-methyl/N-ethyl adjacent to an activating group) is 1. The van der Waals surface area contributed by atoms with Gasteiger partial charge < -0.3 is 16.0 Å². The van der Waals surface area contributed by atoms with Crippen molar-refractivity contribution >= 4 is 11.8 Å². The summed E-state index contributed by atoms with van der Waals surface area (Å²) in [5.41, 5.74) is 4.86. The molecule has 0 spiro atoms. The van der Waals surface area contributed by atoms with E-state index >= 15 is 0 Å². The van der Waals surface area contributed by atoms with Crippen molar-refractivity contribution in [1.29, 1.82) is 0 Å². The van der Waals surface area contributed by atoms with Crippen molar-refractivity contribution in [2.75, 3.05) is 13.6 Å². The van der Waals surface area contributed by atoms with Gasteiger partial charge in [0.05, 0.1) is 12.1 Å². The number of nitrogens with one attached hydrogen (secondary N) is 1. The van der Waals surface area contributed by atoms with Crippen LogP contribution in [0.3, 0.4) is 0 Å². The predicted molar refractivity (Wildman–Crippen MR) is 73.0 cm³/mol. The maximum absolute atomic E-state index is 12.1. The Labute approximate surface area is 110 Å². The second kappa shape index (κ2) is 6.18. The Morgan fingerprint density at radius 2 is 1.61 bits per heavy atom. The van der Waals surface area contributed by atoms with Crippen molar-refractivity contribution in [3.63, 3.8) is 0 Å². The highest BCUT2D eigenvalue weighted by atomic mass is 16.2. The van der Waals surface area contributed by atoms with Gasteiger partial charge in [0, 0.05) is 12.6 Å². The maximum Gasteiger partial charge on any atom is 0.242 e. The van der Waals surface area contributed by atoms with E-state index < -0.39 is 5.54 Å². The zero-order valence-corrected chi connectivity index (χ0v) is 12.5. The number of nitrogens with zero attached hydrogens (tertiary/aromatic N) is 1. The van der Waals surface area contributed by atoms with Crippen LogP contribution < -0.4 is 11.1 Å². The normalized spacial score (nSPS) is 12.2. The van der Waals surface area contributed by atoms with Gasteiger partial charge in [-0.2, -0.15) is 0 Å². The minimum atomic E-state index is -0.864. The minimum absolute atomic E-state index is 0.0368. The highest BCUT2D eigenvalue weighted by molar-refractivity contribution is 5.90. The maximum atomic E-state index is 12.1. The molecule has 5 heteroatoms. The topological polar surface area (TPSA) is 75.4 Å². The first-order chi connectivity index (χ1) is 8.05. The Bertz CT molecular complexity index is 304. The Balaban J connectivity index is 4.54. The van der Waals surface area contributed by atoms with Gasteiger partial charge in [-0.05, 0) is 33.6 Å². The molecule has 0 heterocycles. The summed E-state index contributed by atoms with van der Waals surface area (Å²) in [6, 6.07) is 0.